The van der Waals surface area contributed by atoms with Gasteiger partial charge in [-0.15, -0.1) is 0 Å². The van der Waals surface area contributed by atoms with Crippen LogP contribution in [0.25, 0.3) is 0 Å². The molecule has 0 radical (unpaired) electrons. The second-order valence-corrected chi connectivity index (χ2v) is 3.77. The Hall–Kier alpha value is -1.85. The van der Waals surface area contributed by atoms with Crippen molar-refractivity contribution in [2.45, 2.75) is 25.5 Å². The van der Waals surface area contributed by atoms with Crippen LogP contribution in [-0.2, 0) is 0 Å². The molecule has 0 heterocycles. The van der Waals surface area contributed by atoms with Crippen molar-refractivity contribution >= 4 is 11.6 Å². The summed E-state index contributed by atoms with van der Waals surface area (Å²) in [7, 11) is 0. The van der Waals surface area contributed by atoms with Crippen LogP contribution in [0, 0.1) is 0 Å². The lowest BCUT2D eigenvalue weighted by Crippen LogP contribution is -2.22. The maximum atomic E-state index is 11.9. The largest absolute Gasteiger partial charge is 0.435 e. The monoisotopic (exact) mass is 241 g/mol. The average molecular weight is 241 g/mol. The predicted molar refractivity (Wildman–Crippen MR) is 61.3 cm³/mol. The molecule has 17 heavy (non-hydrogen) atoms. The Balaban J connectivity index is 1.92. The molecule has 2 rings (SSSR count). The zero-order valence-electron chi connectivity index (χ0n) is 9.07. The molecule has 0 aliphatic heterocycles. The van der Waals surface area contributed by atoms with Crippen LogP contribution in [0.4, 0.5) is 14.5 Å². The van der Waals surface area contributed by atoms with E-state index in [-0.39, 0.29) is 5.75 Å². The molecule has 0 spiro atoms. The summed E-state index contributed by atoms with van der Waals surface area (Å²) in [6.07, 6.45) is 2.15. The molecule has 1 fully saturated rings. The highest BCUT2D eigenvalue weighted by molar-refractivity contribution is 5.92. The number of hydrogen-bond donors (Lipinski definition) is 2. The van der Waals surface area contributed by atoms with Gasteiger partial charge in [0.05, 0.1) is 6.04 Å². The normalized spacial score (nSPS) is 16.1. The fourth-order valence-electron chi connectivity index (χ4n) is 1.30. The second kappa shape index (κ2) is 4.99. The van der Waals surface area contributed by atoms with Gasteiger partial charge in [0.15, 0.2) is 5.96 Å². The number of alkyl halides is 2. The maximum absolute atomic E-state index is 11.9. The molecule has 0 saturated heterocycles. The van der Waals surface area contributed by atoms with Gasteiger partial charge in [-0.1, -0.05) is 0 Å². The van der Waals surface area contributed by atoms with Gasteiger partial charge in [-0.3, -0.25) is 0 Å². The van der Waals surface area contributed by atoms with Crippen LogP contribution >= 0.6 is 0 Å². The van der Waals surface area contributed by atoms with E-state index >= 15 is 0 Å². The van der Waals surface area contributed by atoms with Gasteiger partial charge in [0.25, 0.3) is 0 Å². The van der Waals surface area contributed by atoms with E-state index in [1.807, 2.05) is 0 Å². The highest BCUT2D eigenvalue weighted by Crippen LogP contribution is 2.23. The van der Waals surface area contributed by atoms with Crippen molar-refractivity contribution in [3.8, 4) is 5.75 Å². The third-order valence-electron chi connectivity index (χ3n) is 2.22. The van der Waals surface area contributed by atoms with E-state index in [1.165, 1.54) is 12.1 Å². The molecule has 1 aliphatic carbocycles. The number of aliphatic imine (C=N–C) groups is 1. The summed E-state index contributed by atoms with van der Waals surface area (Å²) in [5.41, 5.74) is 6.34. The molecule has 0 amide bonds. The van der Waals surface area contributed by atoms with Crippen LogP contribution in [-0.4, -0.2) is 18.6 Å². The molecule has 92 valence electrons. The highest BCUT2D eigenvalue weighted by Gasteiger charge is 2.20. The molecule has 0 aromatic heterocycles. The van der Waals surface area contributed by atoms with E-state index in [0.717, 1.165) is 12.8 Å². The van der Waals surface area contributed by atoms with Crippen LogP contribution < -0.4 is 15.8 Å². The molecule has 0 unspecified atom stereocenters. The molecule has 1 aromatic rings. The molecular formula is C11H13F2N3O. The third kappa shape index (κ3) is 3.90. The number of nitrogens with one attached hydrogen (secondary N) is 1. The summed E-state index contributed by atoms with van der Waals surface area (Å²) in [6.45, 7) is -2.81. The first kappa shape index (κ1) is 11.6. The average Bonchev–Trinajstić information content (AvgIpc) is 3.04. The zero-order chi connectivity index (χ0) is 12.3. The maximum Gasteiger partial charge on any atom is 0.387 e. The molecular weight excluding hydrogens is 228 g/mol. The Morgan fingerprint density at radius 2 is 2.00 bits per heavy atom. The van der Waals surface area contributed by atoms with E-state index in [4.69, 9.17) is 5.73 Å². The van der Waals surface area contributed by atoms with Gasteiger partial charge in [0, 0.05) is 5.69 Å². The Morgan fingerprint density at radius 3 is 2.53 bits per heavy atom. The van der Waals surface area contributed by atoms with Crippen molar-refractivity contribution < 1.29 is 13.5 Å². The summed E-state index contributed by atoms with van der Waals surface area (Å²) in [5.74, 6) is 0.457. The summed E-state index contributed by atoms with van der Waals surface area (Å²) in [5, 5.41) is 2.88. The third-order valence-corrected chi connectivity index (χ3v) is 2.22. The van der Waals surface area contributed by atoms with Gasteiger partial charge >= 0.3 is 6.61 Å². The standard InChI is InChI=1S/C11H13F2N3O/c12-10(13)17-9-5-3-8(4-6-9)16-11(14)15-7-1-2-7/h3-7,10H,1-2H2,(H3,14,15,16). The fourth-order valence-corrected chi connectivity index (χ4v) is 1.30. The fraction of sp³-hybridized carbons (Fsp3) is 0.364. The van der Waals surface area contributed by atoms with Gasteiger partial charge < -0.3 is 15.8 Å². The second-order valence-electron chi connectivity index (χ2n) is 3.77. The van der Waals surface area contributed by atoms with Crippen LogP contribution in [0.2, 0.25) is 0 Å². The number of nitrogens with zero attached hydrogens (tertiary/aromatic N) is 1. The molecule has 3 N–H and O–H groups in total. The van der Waals surface area contributed by atoms with Gasteiger partial charge in [0.2, 0.25) is 0 Å². The summed E-state index contributed by atoms with van der Waals surface area (Å²) in [6, 6.07) is 6.43. The van der Waals surface area contributed by atoms with Crippen LogP contribution in [0.5, 0.6) is 5.75 Å². The minimum absolute atomic E-state index is 0.114. The van der Waals surface area contributed by atoms with Gasteiger partial charge in [-0.25, -0.2) is 4.99 Å². The molecule has 0 bridgehead atoms. The zero-order valence-corrected chi connectivity index (χ0v) is 9.07. The predicted octanol–water partition coefficient (Wildman–Crippen LogP) is 2.18. The van der Waals surface area contributed by atoms with Crippen molar-refractivity contribution in [3.63, 3.8) is 0 Å². The Kier molecular flexibility index (Phi) is 3.41. The van der Waals surface area contributed by atoms with Crippen molar-refractivity contribution in [2.75, 3.05) is 5.32 Å². The first-order valence-corrected chi connectivity index (χ1v) is 5.28. The number of halogens is 2. The van der Waals surface area contributed by atoms with Gasteiger partial charge in [-0.2, -0.15) is 8.78 Å². The SMILES string of the molecule is NC(=NC1CC1)Nc1ccc(OC(F)F)cc1. The van der Waals surface area contributed by atoms with Gasteiger partial charge in [-0.05, 0) is 37.1 Å². The molecule has 1 aliphatic rings. The molecule has 4 nitrogen and oxygen atoms in total. The Morgan fingerprint density at radius 1 is 1.35 bits per heavy atom. The van der Waals surface area contributed by atoms with E-state index in [9.17, 15) is 8.78 Å². The number of nitrogens with two attached hydrogens (primary N) is 1. The topological polar surface area (TPSA) is 59.6 Å². The number of ether oxygens (including phenoxy) is 1. The highest BCUT2D eigenvalue weighted by atomic mass is 19.3. The van der Waals surface area contributed by atoms with Crippen molar-refractivity contribution in [3.05, 3.63) is 24.3 Å². The van der Waals surface area contributed by atoms with Gasteiger partial charge in [0.1, 0.15) is 5.75 Å². The van der Waals surface area contributed by atoms with Crippen molar-refractivity contribution in [1.29, 1.82) is 0 Å². The minimum Gasteiger partial charge on any atom is -0.435 e. The van der Waals surface area contributed by atoms with Crippen molar-refractivity contribution in [2.24, 2.45) is 10.7 Å². The van der Waals surface area contributed by atoms with Crippen molar-refractivity contribution in [1.82, 2.24) is 0 Å². The summed E-state index contributed by atoms with van der Waals surface area (Å²) >= 11 is 0. The van der Waals surface area contributed by atoms with E-state index in [2.05, 4.69) is 15.0 Å². The number of benzene rings is 1. The lowest BCUT2D eigenvalue weighted by molar-refractivity contribution is -0.0498. The number of rotatable bonds is 4. The Bertz CT molecular complexity index is 402. The lowest BCUT2D eigenvalue weighted by atomic mass is 10.3. The minimum atomic E-state index is -2.81. The number of hydrogen-bond acceptors (Lipinski definition) is 2. The molecule has 0 atom stereocenters. The molecule has 1 saturated carbocycles. The first-order chi connectivity index (χ1) is 8.13. The van der Waals surface area contributed by atoms with E-state index in [1.54, 1.807) is 12.1 Å². The summed E-state index contributed by atoms with van der Waals surface area (Å²) < 4.78 is 28.0. The van der Waals surface area contributed by atoms with E-state index in [0.29, 0.717) is 17.7 Å². The molecule has 1 aromatic carbocycles. The number of anilines is 1. The van der Waals surface area contributed by atoms with Crippen LogP contribution in [0.15, 0.2) is 29.3 Å². The quantitative estimate of drug-likeness (QED) is 0.627. The Labute approximate surface area is 97.5 Å². The van der Waals surface area contributed by atoms with Crippen LogP contribution in [0.3, 0.4) is 0 Å². The summed E-state index contributed by atoms with van der Waals surface area (Å²) in [4.78, 5) is 4.19. The molecule has 6 heteroatoms. The van der Waals surface area contributed by atoms with E-state index < -0.39 is 6.61 Å². The smallest absolute Gasteiger partial charge is 0.387 e. The first-order valence-electron chi connectivity index (χ1n) is 5.28. The lowest BCUT2D eigenvalue weighted by Gasteiger charge is -2.07. The van der Waals surface area contributed by atoms with Crippen LogP contribution in [0.1, 0.15) is 12.8 Å². The number of guanidine groups is 1.